The summed E-state index contributed by atoms with van der Waals surface area (Å²) in [4.78, 5) is 4.42. The predicted octanol–water partition coefficient (Wildman–Crippen LogP) is 1.79. The average Bonchev–Trinajstić information content (AvgIpc) is 2.46. The van der Waals surface area contributed by atoms with E-state index in [9.17, 15) is 0 Å². The van der Waals surface area contributed by atoms with Crippen molar-refractivity contribution in [2.45, 2.75) is 13.5 Å². The molecule has 0 N–H and O–H groups in total. The van der Waals surface area contributed by atoms with Crippen LogP contribution in [0.5, 0.6) is 0 Å². The Kier molecular flexibility index (Phi) is 2.02. The second kappa shape index (κ2) is 3.18. The van der Waals surface area contributed by atoms with Crippen LogP contribution < -0.4 is 0 Å². The first-order chi connectivity index (χ1) is 6.33. The van der Waals surface area contributed by atoms with Crippen LogP contribution in [0.25, 0.3) is 5.52 Å². The number of nitrogens with zero attached hydrogens (tertiary/aromatic N) is 2. The van der Waals surface area contributed by atoms with Gasteiger partial charge in [-0.05, 0) is 19.1 Å². The molecule has 3 heteroatoms. The molecule has 0 bridgehead atoms. The molecule has 0 aliphatic rings. The summed E-state index contributed by atoms with van der Waals surface area (Å²) in [5.41, 5.74) is 2.20. The summed E-state index contributed by atoms with van der Waals surface area (Å²) in [6.07, 6.45) is 2.00. The first-order valence-electron chi connectivity index (χ1n) is 4.24. The SMILES string of the molecule is COCc1nc(C)c2ccccn12. The summed E-state index contributed by atoms with van der Waals surface area (Å²) in [6.45, 7) is 2.56. The van der Waals surface area contributed by atoms with Gasteiger partial charge < -0.3 is 9.14 Å². The van der Waals surface area contributed by atoms with Crippen molar-refractivity contribution in [3.8, 4) is 0 Å². The van der Waals surface area contributed by atoms with E-state index < -0.39 is 0 Å². The van der Waals surface area contributed by atoms with Gasteiger partial charge in [0.2, 0.25) is 0 Å². The zero-order valence-corrected chi connectivity index (χ0v) is 7.82. The molecule has 0 aliphatic heterocycles. The Bertz CT molecular complexity index is 420. The number of pyridine rings is 1. The lowest BCUT2D eigenvalue weighted by Crippen LogP contribution is -1.95. The molecule has 2 aromatic heterocycles. The molecule has 0 amide bonds. The van der Waals surface area contributed by atoms with Crippen molar-refractivity contribution in [2.24, 2.45) is 0 Å². The number of aromatic nitrogens is 2. The fourth-order valence-electron chi connectivity index (χ4n) is 1.50. The molecule has 68 valence electrons. The van der Waals surface area contributed by atoms with Gasteiger partial charge in [-0.25, -0.2) is 4.98 Å². The number of fused-ring (bicyclic) bond motifs is 1. The lowest BCUT2D eigenvalue weighted by molar-refractivity contribution is 0.177. The van der Waals surface area contributed by atoms with Crippen LogP contribution in [0.1, 0.15) is 11.5 Å². The van der Waals surface area contributed by atoms with Crippen molar-refractivity contribution in [3.63, 3.8) is 0 Å². The van der Waals surface area contributed by atoms with Gasteiger partial charge in [0, 0.05) is 13.3 Å². The fraction of sp³-hybridized carbons (Fsp3) is 0.300. The molecule has 0 aromatic carbocycles. The molecule has 2 aromatic rings. The molecule has 0 unspecified atom stereocenters. The molecule has 2 heterocycles. The van der Waals surface area contributed by atoms with Crippen LogP contribution in [0.15, 0.2) is 24.4 Å². The summed E-state index contributed by atoms with van der Waals surface area (Å²) in [5.74, 6) is 0.954. The van der Waals surface area contributed by atoms with E-state index in [0.29, 0.717) is 6.61 Å². The summed E-state index contributed by atoms with van der Waals surface area (Å²) >= 11 is 0. The van der Waals surface area contributed by atoms with Crippen LogP contribution in [0, 0.1) is 6.92 Å². The molecule has 13 heavy (non-hydrogen) atoms. The number of methoxy groups -OCH3 is 1. The van der Waals surface area contributed by atoms with Gasteiger partial charge in [-0.1, -0.05) is 6.07 Å². The molecular formula is C10H12N2O. The van der Waals surface area contributed by atoms with Crippen LogP contribution in [-0.2, 0) is 11.3 Å². The molecule has 0 atom stereocenters. The van der Waals surface area contributed by atoms with Crippen LogP contribution in [-0.4, -0.2) is 16.5 Å². The maximum absolute atomic E-state index is 5.07. The van der Waals surface area contributed by atoms with Crippen LogP contribution >= 0.6 is 0 Å². The Morgan fingerprint density at radius 2 is 2.31 bits per heavy atom. The molecule has 0 aliphatic carbocycles. The van der Waals surface area contributed by atoms with Gasteiger partial charge in [0.25, 0.3) is 0 Å². The van der Waals surface area contributed by atoms with Gasteiger partial charge in [0.1, 0.15) is 12.4 Å². The van der Waals surface area contributed by atoms with E-state index in [1.807, 2.05) is 25.3 Å². The molecule has 0 radical (unpaired) electrons. The number of hydrogen-bond acceptors (Lipinski definition) is 2. The first kappa shape index (κ1) is 8.26. The Hall–Kier alpha value is -1.35. The maximum Gasteiger partial charge on any atom is 0.139 e. The van der Waals surface area contributed by atoms with Gasteiger partial charge in [-0.15, -0.1) is 0 Å². The number of imidazole rings is 1. The first-order valence-corrected chi connectivity index (χ1v) is 4.24. The van der Waals surface area contributed by atoms with Gasteiger partial charge in [0.05, 0.1) is 11.2 Å². The van der Waals surface area contributed by atoms with Crippen molar-refractivity contribution in [3.05, 3.63) is 35.9 Å². The zero-order valence-electron chi connectivity index (χ0n) is 7.82. The highest BCUT2D eigenvalue weighted by Crippen LogP contribution is 2.11. The van der Waals surface area contributed by atoms with E-state index in [-0.39, 0.29) is 0 Å². The molecule has 0 fully saturated rings. The van der Waals surface area contributed by atoms with Crippen molar-refractivity contribution in [1.29, 1.82) is 0 Å². The van der Waals surface area contributed by atoms with E-state index in [1.54, 1.807) is 7.11 Å². The minimum atomic E-state index is 0.555. The second-order valence-corrected chi connectivity index (χ2v) is 3.00. The standard InChI is InChI=1S/C10H12N2O/c1-8-9-5-3-4-6-12(9)10(11-8)7-13-2/h3-6H,7H2,1-2H3. The third-order valence-electron chi connectivity index (χ3n) is 2.08. The topological polar surface area (TPSA) is 26.5 Å². The summed E-state index contributed by atoms with van der Waals surface area (Å²) in [7, 11) is 1.68. The highest BCUT2D eigenvalue weighted by molar-refractivity contribution is 5.52. The third kappa shape index (κ3) is 1.31. The predicted molar refractivity (Wildman–Crippen MR) is 50.6 cm³/mol. The summed E-state index contributed by atoms with van der Waals surface area (Å²) in [6, 6.07) is 6.06. The van der Waals surface area contributed by atoms with Crippen LogP contribution in [0.4, 0.5) is 0 Å². The Balaban J connectivity index is 2.63. The highest BCUT2D eigenvalue weighted by Gasteiger charge is 2.05. The largest absolute Gasteiger partial charge is 0.377 e. The van der Waals surface area contributed by atoms with Crippen molar-refractivity contribution in [1.82, 2.24) is 9.38 Å². The van der Waals surface area contributed by atoms with E-state index in [1.165, 1.54) is 0 Å². The third-order valence-corrected chi connectivity index (χ3v) is 2.08. The van der Waals surface area contributed by atoms with E-state index in [2.05, 4.69) is 15.5 Å². The smallest absolute Gasteiger partial charge is 0.139 e. The number of ether oxygens (including phenoxy) is 1. The zero-order chi connectivity index (χ0) is 9.26. The van der Waals surface area contributed by atoms with Gasteiger partial charge in [0.15, 0.2) is 0 Å². The number of rotatable bonds is 2. The number of aryl methyl sites for hydroxylation is 1. The van der Waals surface area contributed by atoms with Gasteiger partial charge >= 0.3 is 0 Å². The monoisotopic (exact) mass is 176 g/mol. The fourth-order valence-corrected chi connectivity index (χ4v) is 1.50. The quantitative estimate of drug-likeness (QED) is 0.697. The van der Waals surface area contributed by atoms with Gasteiger partial charge in [-0.3, -0.25) is 0 Å². The van der Waals surface area contributed by atoms with Crippen LogP contribution in [0.2, 0.25) is 0 Å². The average molecular weight is 176 g/mol. The Morgan fingerprint density at radius 1 is 1.46 bits per heavy atom. The van der Waals surface area contributed by atoms with Crippen LogP contribution in [0.3, 0.4) is 0 Å². The Morgan fingerprint density at radius 3 is 3.08 bits per heavy atom. The van der Waals surface area contributed by atoms with Crippen molar-refractivity contribution in [2.75, 3.05) is 7.11 Å². The van der Waals surface area contributed by atoms with Crippen molar-refractivity contribution < 1.29 is 4.74 Å². The molecule has 3 nitrogen and oxygen atoms in total. The number of hydrogen-bond donors (Lipinski definition) is 0. The van der Waals surface area contributed by atoms with Gasteiger partial charge in [-0.2, -0.15) is 0 Å². The summed E-state index contributed by atoms with van der Waals surface area (Å²) in [5, 5.41) is 0. The molecule has 0 saturated carbocycles. The minimum absolute atomic E-state index is 0.555. The molecule has 0 spiro atoms. The summed E-state index contributed by atoms with van der Waals surface area (Å²) < 4.78 is 7.12. The highest BCUT2D eigenvalue weighted by atomic mass is 16.5. The van der Waals surface area contributed by atoms with E-state index >= 15 is 0 Å². The molecular weight excluding hydrogens is 164 g/mol. The Labute approximate surface area is 77.0 Å². The lowest BCUT2D eigenvalue weighted by atomic mass is 10.3. The minimum Gasteiger partial charge on any atom is -0.377 e. The maximum atomic E-state index is 5.07. The van der Waals surface area contributed by atoms with Crippen molar-refractivity contribution >= 4 is 5.52 Å². The van der Waals surface area contributed by atoms with E-state index in [0.717, 1.165) is 17.0 Å². The normalized spacial score (nSPS) is 10.9. The van der Waals surface area contributed by atoms with E-state index in [4.69, 9.17) is 4.74 Å². The lowest BCUT2D eigenvalue weighted by Gasteiger charge is -1.97. The molecule has 2 rings (SSSR count). The second-order valence-electron chi connectivity index (χ2n) is 3.00. The molecule has 0 saturated heterocycles.